The summed E-state index contributed by atoms with van der Waals surface area (Å²) in [5.74, 6) is -0.126. The van der Waals surface area contributed by atoms with E-state index in [1.165, 1.54) is 12.1 Å². The maximum Gasteiger partial charge on any atom is 0.125 e. The Labute approximate surface area is 108 Å². The Kier molecular flexibility index (Phi) is 3.77. The Balaban J connectivity index is 2.24. The van der Waals surface area contributed by atoms with Crippen LogP contribution < -0.4 is 5.73 Å². The molecule has 0 aliphatic heterocycles. The molecule has 2 N–H and O–H groups in total. The maximum absolute atomic E-state index is 13.2. The highest BCUT2D eigenvalue weighted by Gasteiger charge is 2.08. The molecule has 0 saturated carbocycles. The van der Waals surface area contributed by atoms with E-state index in [2.05, 4.69) is 0 Å². The summed E-state index contributed by atoms with van der Waals surface area (Å²) in [6.45, 7) is 1.91. The third kappa shape index (κ3) is 2.96. The van der Waals surface area contributed by atoms with Crippen LogP contribution >= 0.6 is 0 Å². The molecule has 0 amide bonds. The lowest BCUT2D eigenvalue weighted by Crippen LogP contribution is -2.00. The van der Waals surface area contributed by atoms with Gasteiger partial charge in [-0.05, 0) is 42.3 Å². The van der Waals surface area contributed by atoms with E-state index in [-0.39, 0.29) is 5.75 Å². The van der Waals surface area contributed by atoms with E-state index in [9.17, 15) is 8.60 Å². The van der Waals surface area contributed by atoms with Crippen LogP contribution in [0, 0.1) is 12.7 Å². The Morgan fingerprint density at radius 3 is 2.61 bits per heavy atom. The molecule has 0 bridgehead atoms. The third-order valence-corrected chi connectivity index (χ3v) is 4.16. The molecule has 0 aliphatic rings. The number of aryl methyl sites for hydroxylation is 1. The van der Waals surface area contributed by atoms with Gasteiger partial charge >= 0.3 is 0 Å². The quantitative estimate of drug-likeness (QED) is 0.865. The number of hydrogen-bond acceptors (Lipinski definition) is 2. The van der Waals surface area contributed by atoms with E-state index in [0.29, 0.717) is 11.3 Å². The van der Waals surface area contributed by atoms with E-state index < -0.39 is 16.6 Å². The molecule has 0 spiro atoms. The van der Waals surface area contributed by atoms with E-state index >= 15 is 0 Å². The molecule has 0 aromatic heterocycles. The lowest BCUT2D eigenvalue weighted by atomic mass is 10.2. The molecule has 94 valence electrons. The molecule has 1 atom stereocenters. The van der Waals surface area contributed by atoms with E-state index in [1.807, 2.05) is 31.2 Å². The predicted octanol–water partition coefficient (Wildman–Crippen LogP) is 3.02. The van der Waals surface area contributed by atoms with Crippen molar-refractivity contribution in [3.8, 4) is 0 Å². The van der Waals surface area contributed by atoms with Crippen molar-refractivity contribution in [3.05, 3.63) is 59.4 Å². The van der Waals surface area contributed by atoms with E-state index in [1.54, 1.807) is 6.07 Å². The molecule has 2 aromatic carbocycles. The molecule has 0 saturated heterocycles. The molecule has 2 rings (SSSR count). The van der Waals surface area contributed by atoms with Crippen molar-refractivity contribution in [2.45, 2.75) is 17.6 Å². The van der Waals surface area contributed by atoms with Crippen molar-refractivity contribution in [2.75, 3.05) is 5.73 Å². The van der Waals surface area contributed by atoms with Gasteiger partial charge in [0.2, 0.25) is 0 Å². The van der Waals surface area contributed by atoms with Crippen LogP contribution in [0.4, 0.5) is 10.1 Å². The van der Waals surface area contributed by atoms with Crippen LogP contribution in [0.1, 0.15) is 11.1 Å². The summed E-state index contributed by atoms with van der Waals surface area (Å²) in [7, 11) is -1.18. The van der Waals surface area contributed by atoms with Crippen molar-refractivity contribution >= 4 is 16.5 Å². The molecule has 2 aromatic rings. The second kappa shape index (κ2) is 5.31. The summed E-state index contributed by atoms with van der Waals surface area (Å²) in [6.07, 6.45) is 0. The molecule has 0 heterocycles. The van der Waals surface area contributed by atoms with Gasteiger partial charge in [0.15, 0.2) is 0 Å². The number of nitrogens with two attached hydrogens (primary N) is 1. The number of anilines is 1. The van der Waals surface area contributed by atoms with Crippen LogP contribution in [-0.4, -0.2) is 4.21 Å². The first-order chi connectivity index (χ1) is 8.56. The SMILES string of the molecule is Cc1ccccc1S(=O)Cc1cc(N)cc(F)c1. The van der Waals surface area contributed by atoms with Crippen LogP contribution in [0.25, 0.3) is 0 Å². The molecular weight excluding hydrogens is 249 g/mol. The molecule has 1 unspecified atom stereocenters. The van der Waals surface area contributed by atoms with Gasteiger partial charge in [-0.15, -0.1) is 0 Å². The van der Waals surface area contributed by atoms with Crippen molar-refractivity contribution in [2.24, 2.45) is 0 Å². The first-order valence-corrected chi connectivity index (χ1v) is 6.87. The fraction of sp³-hybridized carbons (Fsp3) is 0.143. The summed E-state index contributed by atoms with van der Waals surface area (Å²) in [6, 6.07) is 11.8. The van der Waals surface area contributed by atoms with Gasteiger partial charge in [0.25, 0.3) is 0 Å². The van der Waals surface area contributed by atoms with Crippen LogP contribution in [-0.2, 0) is 16.6 Å². The highest BCUT2D eigenvalue weighted by molar-refractivity contribution is 7.84. The largest absolute Gasteiger partial charge is 0.399 e. The lowest BCUT2D eigenvalue weighted by molar-refractivity contribution is 0.627. The van der Waals surface area contributed by atoms with Crippen LogP contribution in [0.3, 0.4) is 0 Å². The number of benzene rings is 2. The topological polar surface area (TPSA) is 43.1 Å². The van der Waals surface area contributed by atoms with Gasteiger partial charge in [-0.1, -0.05) is 18.2 Å². The number of halogens is 1. The smallest absolute Gasteiger partial charge is 0.125 e. The van der Waals surface area contributed by atoms with Gasteiger partial charge in [0, 0.05) is 10.6 Å². The van der Waals surface area contributed by atoms with Crippen molar-refractivity contribution in [1.29, 1.82) is 0 Å². The average molecular weight is 263 g/mol. The number of rotatable bonds is 3. The van der Waals surface area contributed by atoms with Crippen LogP contribution in [0.2, 0.25) is 0 Å². The van der Waals surface area contributed by atoms with E-state index in [4.69, 9.17) is 5.73 Å². The molecule has 0 fully saturated rings. The molecule has 18 heavy (non-hydrogen) atoms. The number of nitrogen functional groups attached to an aromatic ring is 1. The third-order valence-electron chi connectivity index (χ3n) is 2.62. The van der Waals surface area contributed by atoms with E-state index in [0.717, 1.165) is 10.5 Å². The minimum atomic E-state index is -1.18. The van der Waals surface area contributed by atoms with Crippen molar-refractivity contribution in [1.82, 2.24) is 0 Å². The van der Waals surface area contributed by atoms with Gasteiger partial charge in [-0.25, -0.2) is 4.39 Å². The second-order valence-corrected chi connectivity index (χ2v) is 5.57. The molecular formula is C14H14FNOS. The zero-order chi connectivity index (χ0) is 13.1. The second-order valence-electron chi connectivity index (χ2n) is 4.15. The normalized spacial score (nSPS) is 12.3. The summed E-state index contributed by atoms with van der Waals surface area (Å²) in [5.41, 5.74) is 7.54. The Hall–Kier alpha value is -1.68. The zero-order valence-electron chi connectivity index (χ0n) is 10.0. The Morgan fingerprint density at radius 1 is 1.22 bits per heavy atom. The predicted molar refractivity (Wildman–Crippen MR) is 72.1 cm³/mol. The van der Waals surface area contributed by atoms with Gasteiger partial charge < -0.3 is 5.73 Å². The van der Waals surface area contributed by atoms with Gasteiger partial charge in [0.1, 0.15) is 5.82 Å². The molecule has 0 aliphatic carbocycles. The van der Waals surface area contributed by atoms with Crippen LogP contribution in [0.15, 0.2) is 47.4 Å². The maximum atomic E-state index is 13.2. The summed E-state index contributed by atoms with van der Waals surface area (Å²) >= 11 is 0. The highest BCUT2D eigenvalue weighted by atomic mass is 32.2. The Bertz CT molecular complexity index is 578. The first-order valence-electron chi connectivity index (χ1n) is 5.55. The number of hydrogen-bond donors (Lipinski definition) is 1. The average Bonchev–Trinajstić information content (AvgIpc) is 2.27. The molecule has 2 nitrogen and oxygen atoms in total. The van der Waals surface area contributed by atoms with Crippen molar-refractivity contribution in [3.63, 3.8) is 0 Å². The molecule has 4 heteroatoms. The minimum Gasteiger partial charge on any atom is -0.399 e. The highest BCUT2D eigenvalue weighted by Crippen LogP contribution is 2.18. The van der Waals surface area contributed by atoms with Gasteiger partial charge in [0.05, 0.1) is 16.6 Å². The monoisotopic (exact) mass is 263 g/mol. The fourth-order valence-corrected chi connectivity index (χ4v) is 3.08. The Morgan fingerprint density at radius 2 is 1.94 bits per heavy atom. The standard InChI is InChI=1S/C14H14FNOS/c1-10-4-2-3-5-14(10)18(17)9-11-6-12(15)8-13(16)7-11/h2-8H,9,16H2,1H3. The van der Waals surface area contributed by atoms with Crippen molar-refractivity contribution < 1.29 is 8.60 Å². The van der Waals surface area contributed by atoms with Crippen LogP contribution in [0.5, 0.6) is 0 Å². The lowest BCUT2D eigenvalue weighted by Gasteiger charge is -2.06. The summed E-state index contributed by atoms with van der Waals surface area (Å²) in [4.78, 5) is 0.778. The first kappa shape index (κ1) is 12.8. The van der Waals surface area contributed by atoms with Gasteiger partial charge in [-0.3, -0.25) is 4.21 Å². The summed E-state index contributed by atoms with van der Waals surface area (Å²) in [5, 5.41) is 0. The minimum absolute atomic E-state index is 0.271. The molecule has 0 radical (unpaired) electrons. The summed E-state index contributed by atoms with van der Waals surface area (Å²) < 4.78 is 25.4. The zero-order valence-corrected chi connectivity index (χ0v) is 10.8. The van der Waals surface area contributed by atoms with Gasteiger partial charge in [-0.2, -0.15) is 0 Å². The fourth-order valence-electron chi connectivity index (χ4n) is 1.80.